The molecule has 0 spiro atoms. The van der Waals surface area contributed by atoms with Gasteiger partial charge in [-0.1, -0.05) is 39.3 Å². The molecule has 0 aromatic carbocycles. The van der Waals surface area contributed by atoms with Gasteiger partial charge in [0, 0.05) is 17.7 Å². The van der Waals surface area contributed by atoms with Crippen LogP contribution in [0.1, 0.15) is 38.8 Å². The van der Waals surface area contributed by atoms with Crippen LogP contribution in [0.5, 0.6) is 0 Å². The lowest BCUT2D eigenvalue weighted by Crippen LogP contribution is -2.05. The number of alkyl halides is 1. The number of ether oxygens (including phenoxy) is 1. The maximum absolute atomic E-state index is 13.2. The van der Waals surface area contributed by atoms with Crippen molar-refractivity contribution in [2.45, 2.75) is 39.5 Å². The van der Waals surface area contributed by atoms with Crippen LogP contribution in [0.3, 0.4) is 0 Å². The van der Waals surface area contributed by atoms with E-state index in [2.05, 4.69) is 30.7 Å². The fourth-order valence-corrected chi connectivity index (χ4v) is 2.71. The zero-order chi connectivity index (χ0) is 16.9. The Balaban J connectivity index is 2.63. The van der Waals surface area contributed by atoms with Gasteiger partial charge in [-0.05, 0) is 30.6 Å². The van der Waals surface area contributed by atoms with Crippen LogP contribution in [0.25, 0.3) is 0 Å². The second-order valence-electron chi connectivity index (χ2n) is 5.18. The molecule has 128 valence electrons. The van der Waals surface area contributed by atoms with E-state index in [4.69, 9.17) is 4.74 Å². The zero-order valence-corrected chi connectivity index (χ0v) is 14.9. The number of nitrogens with one attached hydrogen (secondary N) is 1. The number of anilines is 1. The number of aromatic nitrogens is 1. The Morgan fingerprint density at radius 3 is 2.87 bits per heavy atom. The van der Waals surface area contributed by atoms with Gasteiger partial charge in [-0.3, -0.25) is 0 Å². The fraction of sp³-hybridized carbons (Fsp3) is 0.500. The molecule has 1 aromatic heterocycles. The SMILES string of the molecule is C=C/C=C(\C=C(\CF)COCCCCC)Nc1nc(CC)cs1. The van der Waals surface area contributed by atoms with Gasteiger partial charge in [0.2, 0.25) is 0 Å². The molecule has 0 atom stereocenters. The summed E-state index contributed by atoms with van der Waals surface area (Å²) < 4.78 is 18.7. The van der Waals surface area contributed by atoms with Crippen molar-refractivity contribution in [3.63, 3.8) is 0 Å². The summed E-state index contributed by atoms with van der Waals surface area (Å²) >= 11 is 1.54. The van der Waals surface area contributed by atoms with Crippen molar-refractivity contribution in [2.75, 3.05) is 25.2 Å². The van der Waals surface area contributed by atoms with Gasteiger partial charge in [0.25, 0.3) is 0 Å². The minimum absolute atomic E-state index is 0.314. The first-order valence-corrected chi connectivity index (χ1v) is 8.98. The molecule has 1 heterocycles. The van der Waals surface area contributed by atoms with Gasteiger partial charge in [-0.25, -0.2) is 9.37 Å². The number of thiazole rings is 1. The van der Waals surface area contributed by atoms with E-state index < -0.39 is 6.67 Å². The van der Waals surface area contributed by atoms with Gasteiger partial charge in [0.05, 0.1) is 12.3 Å². The van der Waals surface area contributed by atoms with E-state index in [0.717, 1.165) is 42.2 Å². The number of rotatable bonds is 12. The topological polar surface area (TPSA) is 34.1 Å². The smallest absolute Gasteiger partial charge is 0.187 e. The van der Waals surface area contributed by atoms with Crippen LogP contribution in [0.15, 0.2) is 41.5 Å². The molecule has 5 heteroatoms. The number of aryl methyl sites for hydroxylation is 1. The predicted molar refractivity (Wildman–Crippen MR) is 97.8 cm³/mol. The Labute approximate surface area is 143 Å². The van der Waals surface area contributed by atoms with Gasteiger partial charge in [-0.2, -0.15) is 0 Å². The monoisotopic (exact) mass is 338 g/mol. The average molecular weight is 338 g/mol. The Hall–Kier alpha value is -1.46. The highest BCUT2D eigenvalue weighted by Crippen LogP contribution is 2.19. The highest BCUT2D eigenvalue weighted by molar-refractivity contribution is 7.13. The van der Waals surface area contributed by atoms with Crippen molar-refractivity contribution in [1.82, 2.24) is 4.98 Å². The van der Waals surface area contributed by atoms with E-state index in [0.29, 0.717) is 18.8 Å². The normalized spacial score (nSPS) is 12.5. The lowest BCUT2D eigenvalue weighted by atomic mass is 10.2. The van der Waals surface area contributed by atoms with Gasteiger partial charge < -0.3 is 10.1 Å². The standard InChI is InChI=1S/C18H27FN2OS/c1-4-7-8-10-22-13-15(12-19)11-17(9-5-2)21-18-20-16(6-3)14-23-18/h5,9,11,14H,2,4,6-8,10,12-13H2,1,3H3,(H,20,21)/b15-11-,17-9+. The Kier molecular flexibility index (Phi) is 10.2. The van der Waals surface area contributed by atoms with E-state index >= 15 is 0 Å². The van der Waals surface area contributed by atoms with Crippen LogP contribution in [0.4, 0.5) is 9.52 Å². The van der Waals surface area contributed by atoms with E-state index in [-0.39, 0.29) is 0 Å². The molecule has 1 rings (SSSR count). The minimum Gasteiger partial charge on any atom is -0.377 e. The summed E-state index contributed by atoms with van der Waals surface area (Å²) in [5.74, 6) is 0. The molecule has 0 radical (unpaired) electrons. The molecule has 0 unspecified atom stereocenters. The summed E-state index contributed by atoms with van der Waals surface area (Å²) in [6.45, 7) is 8.38. The highest BCUT2D eigenvalue weighted by atomic mass is 32.1. The number of allylic oxidation sites excluding steroid dienone is 3. The van der Waals surface area contributed by atoms with Crippen LogP contribution >= 0.6 is 11.3 Å². The molecule has 0 saturated heterocycles. The lowest BCUT2D eigenvalue weighted by molar-refractivity contribution is 0.148. The molecule has 0 amide bonds. The highest BCUT2D eigenvalue weighted by Gasteiger charge is 2.04. The van der Waals surface area contributed by atoms with Gasteiger partial charge >= 0.3 is 0 Å². The first-order valence-electron chi connectivity index (χ1n) is 8.10. The third-order valence-corrected chi connectivity index (χ3v) is 3.98. The number of nitrogens with zero attached hydrogens (tertiary/aromatic N) is 1. The molecule has 3 nitrogen and oxygen atoms in total. The summed E-state index contributed by atoms with van der Waals surface area (Å²) in [6, 6.07) is 0. The summed E-state index contributed by atoms with van der Waals surface area (Å²) in [5, 5.41) is 6.03. The Morgan fingerprint density at radius 2 is 2.26 bits per heavy atom. The second kappa shape index (κ2) is 12.0. The molecular formula is C18H27FN2OS. The van der Waals surface area contributed by atoms with Crippen molar-refractivity contribution < 1.29 is 9.13 Å². The van der Waals surface area contributed by atoms with Crippen LogP contribution in [0, 0.1) is 0 Å². The first-order chi connectivity index (χ1) is 11.2. The Morgan fingerprint density at radius 1 is 1.43 bits per heavy atom. The molecule has 0 aliphatic rings. The third kappa shape index (κ3) is 8.09. The summed E-state index contributed by atoms with van der Waals surface area (Å²) in [4.78, 5) is 4.46. The van der Waals surface area contributed by atoms with Gasteiger partial charge in [0.15, 0.2) is 5.13 Å². The van der Waals surface area contributed by atoms with Crippen molar-refractivity contribution >= 4 is 16.5 Å². The van der Waals surface area contributed by atoms with Crippen molar-refractivity contribution in [3.05, 3.63) is 47.2 Å². The van der Waals surface area contributed by atoms with Crippen molar-refractivity contribution in [3.8, 4) is 0 Å². The largest absolute Gasteiger partial charge is 0.377 e. The third-order valence-electron chi connectivity index (χ3n) is 3.17. The van der Waals surface area contributed by atoms with Crippen LogP contribution in [-0.4, -0.2) is 24.9 Å². The molecule has 0 saturated carbocycles. The number of hydrogen-bond donors (Lipinski definition) is 1. The fourth-order valence-electron chi connectivity index (χ4n) is 1.90. The van der Waals surface area contributed by atoms with Gasteiger partial charge in [0.1, 0.15) is 6.67 Å². The number of unbranched alkanes of at least 4 members (excludes halogenated alkanes) is 2. The van der Waals surface area contributed by atoms with Gasteiger partial charge in [-0.15, -0.1) is 11.3 Å². The minimum atomic E-state index is -0.526. The van der Waals surface area contributed by atoms with E-state index in [1.807, 2.05) is 5.38 Å². The molecule has 1 aromatic rings. The first kappa shape index (κ1) is 19.6. The van der Waals surface area contributed by atoms with Crippen LogP contribution in [0.2, 0.25) is 0 Å². The van der Waals surface area contributed by atoms with E-state index in [1.54, 1.807) is 18.2 Å². The predicted octanol–water partition coefficient (Wildman–Crippen LogP) is 5.29. The van der Waals surface area contributed by atoms with Crippen LogP contribution < -0.4 is 5.32 Å². The molecule has 0 aliphatic heterocycles. The van der Waals surface area contributed by atoms with Crippen LogP contribution in [-0.2, 0) is 11.2 Å². The lowest BCUT2D eigenvalue weighted by Gasteiger charge is -2.08. The average Bonchev–Trinajstić information content (AvgIpc) is 3.01. The molecule has 0 bridgehead atoms. The molecule has 1 N–H and O–H groups in total. The summed E-state index contributed by atoms with van der Waals surface area (Å²) in [7, 11) is 0. The molecule has 0 fully saturated rings. The quantitative estimate of drug-likeness (QED) is 0.415. The maximum atomic E-state index is 13.2. The second-order valence-corrected chi connectivity index (χ2v) is 6.03. The summed E-state index contributed by atoms with van der Waals surface area (Å²) in [5.41, 5.74) is 2.42. The zero-order valence-electron chi connectivity index (χ0n) is 14.1. The maximum Gasteiger partial charge on any atom is 0.187 e. The van der Waals surface area contributed by atoms with E-state index in [9.17, 15) is 4.39 Å². The summed E-state index contributed by atoms with van der Waals surface area (Å²) in [6.07, 6.45) is 9.46. The molecule has 0 aliphatic carbocycles. The Bertz CT molecular complexity index is 523. The molecular weight excluding hydrogens is 311 g/mol. The van der Waals surface area contributed by atoms with Crippen molar-refractivity contribution in [2.24, 2.45) is 0 Å². The van der Waals surface area contributed by atoms with Crippen molar-refractivity contribution in [1.29, 1.82) is 0 Å². The number of halogens is 1. The molecule has 23 heavy (non-hydrogen) atoms. The number of hydrogen-bond acceptors (Lipinski definition) is 4. The van der Waals surface area contributed by atoms with E-state index in [1.165, 1.54) is 11.3 Å².